The predicted octanol–water partition coefficient (Wildman–Crippen LogP) is 3.11. The molecule has 3 N–H and O–H groups in total. The molecule has 0 bridgehead atoms. The number of aromatic nitrogens is 2. The van der Waals surface area contributed by atoms with Crippen molar-refractivity contribution in [1.82, 2.24) is 9.97 Å². The molecule has 0 aliphatic carbocycles. The molecule has 82 valence electrons. The van der Waals surface area contributed by atoms with Crippen LogP contribution >= 0.6 is 23.2 Å². The van der Waals surface area contributed by atoms with E-state index in [2.05, 4.69) is 15.3 Å². The van der Waals surface area contributed by atoms with Gasteiger partial charge in [0.25, 0.3) is 0 Å². The molecule has 0 amide bonds. The van der Waals surface area contributed by atoms with Crippen molar-refractivity contribution in [2.24, 2.45) is 0 Å². The van der Waals surface area contributed by atoms with Gasteiger partial charge < -0.3 is 11.1 Å². The van der Waals surface area contributed by atoms with Crippen LogP contribution in [0.5, 0.6) is 0 Å². The summed E-state index contributed by atoms with van der Waals surface area (Å²) in [5.41, 5.74) is 6.92. The fourth-order valence-electron chi connectivity index (χ4n) is 1.16. The molecule has 1 heterocycles. The molecule has 2 aromatic rings. The summed E-state index contributed by atoms with van der Waals surface area (Å²) in [6.45, 7) is 0. The first-order chi connectivity index (χ1) is 7.66. The Labute approximate surface area is 102 Å². The summed E-state index contributed by atoms with van der Waals surface area (Å²) < 4.78 is 0. The molecule has 0 saturated heterocycles. The van der Waals surface area contributed by atoms with Crippen molar-refractivity contribution in [1.29, 1.82) is 0 Å². The lowest BCUT2D eigenvalue weighted by atomic mass is 10.3. The monoisotopic (exact) mass is 254 g/mol. The fourth-order valence-corrected chi connectivity index (χ4v) is 1.45. The Morgan fingerprint density at radius 1 is 1.19 bits per heavy atom. The zero-order chi connectivity index (χ0) is 11.5. The highest BCUT2D eigenvalue weighted by molar-refractivity contribution is 6.42. The van der Waals surface area contributed by atoms with E-state index in [0.717, 1.165) is 5.69 Å². The molecule has 0 aliphatic heterocycles. The number of nitrogens with two attached hydrogens (primary N) is 1. The molecular formula is C10H8Cl2N4. The smallest absolute Gasteiger partial charge is 0.157 e. The molecule has 0 unspecified atom stereocenters. The van der Waals surface area contributed by atoms with Crippen LogP contribution in [0.3, 0.4) is 0 Å². The van der Waals surface area contributed by atoms with Crippen LogP contribution < -0.4 is 11.1 Å². The lowest BCUT2D eigenvalue weighted by Gasteiger charge is -2.07. The van der Waals surface area contributed by atoms with E-state index in [1.807, 2.05) is 0 Å². The number of nitrogens with zero attached hydrogens (tertiary/aromatic N) is 2. The van der Waals surface area contributed by atoms with Crippen LogP contribution in [0.25, 0.3) is 0 Å². The van der Waals surface area contributed by atoms with Crippen LogP contribution in [0.1, 0.15) is 0 Å². The first-order valence-corrected chi connectivity index (χ1v) is 5.20. The van der Waals surface area contributed by atoms with Crippen LogP contribution in [0, 0.1) is 0 Å². The highest BCUT2D eigenvalue weighted by atomic mass is 35.5. The molecule has 0 radical (unpaired) electrons. The Hall–Kier alpha value is -1.52. The molecule has 2 rings (SSSR count). The van der Waals surface area contributed by atoms with Gasteiger partial charge in [-0.1, -0.05) is 23.2 Å². The molecule has 0 saturated carbocycles. The predicted molar refractivity (Wildman–Crippen MR) is 66.2 cm³/mol. The first kappa shape index (κ1) is 11.0. The van der Waals surface area contributed by atoms with Crippen LogP contribution in [-0.4, -0.2) is 9.97 Å². The van der Waals surface area contributed by atoms with E-state index >= 15 is 0 Å². The van der Waals surface area contributed by atoms with Gasteiger partial charge in [-0.2, -0.15) is 0 Å². The summed E-state index contributed by atoms with van der Waals surface area (Å²) in [6, 6.07) is 5.19. The van der Waals surface area contributed by atoms with Crippen molar-refractivity contribution < 1.29 is 0 Å². The van der Waals surface area contributed by atoms with Crippen molar-refractivity contribution in [3.63, 3.8) is 0 Å². The largest absolute Gasteiger partial charge is 0.394 e. The van der Waals surface area contributed by atoms with E-state index in [4.69, 9.17) is 28.9 Å². The zero-order valence-electron chi connectivity index (χ0n) is 8.11. The number of benzene rings is 1. The van der Waals surface area contributed by atoms with Crippen molar-refractivity contribution in [3.8, 4) is 0 Å². The SMILES string of the molecule is Nc1cncnc1Nc1ccc(Cl)c(Cl)c1. The van der Waals surface area contributed by atoms with Crippen LogP contribution in [0.15, 0.2) is 30.7 Å². The van der Waals surface area contributed by atoms with Gasteiger partial charge in [-0.15, -0.1) is 0 Å². The van der Waals surface area contributed by atoms with Gasteiger partial charge in [-0.3, -0.25) is 0 Å². The Balaban J connectivity index is 2.28. The second-order valence-corrected chi connectivity index (χ2v) is 3.89. The number of nitrogens with one attached hydrogen (secondary N) is 1. The normalized spacial score (nSPS) is 10.1. The highest BCUT2D eigenvalue weighted by Crippen LogP contribution is 2.27. The molecule has 16 heavy (non-hydrogen) atoms. The van der Waals surface area contributed by atoms with Gasteiger partial charge in [-0.05, 0) is 18.2 Å². The summed E-state index contributed by atoms with van der Waals surface area (Å²) in [5.74, 6) is 0.536. The zero-order valence-corrected chi connectivity index (χ0v) is 9.63. The third kappa shape index (κ3) is 2.35. The quantitative estimate of drug-likeness (QED) is 0.865. The van der Waals surface area contributed by atoms with E-state index in [-0.39, 0.29) is 0 Å². The van der Waals surface area contributed by atoms with Crippen LogP contribution in [-0.2, 0) is 0 Å². The van der Waals surface area contributed by atoms with E-state index in [9.17, 15) is 0 Å². The summed E-state index contributed by atoms with van der Waals surface area (Å²) in [4.78, 5) is 7.80. The summed E-state index contributed by atoms with van der Waals surface area (Å²) >= 11 is 11.7. The van der Waals surface area contributed by atoms with E-state index in [0.29, 0.717) is 21.6 Å². The Bertz CT molecular complexity index is 516. The van der Waals surface area contributed by atoms with Gasteiger partial charge >= 0.3 is 0 Å². The van der Waals surface area contributed by atoms with Gasteiger partial charge in [0.1, 0.15) is 6.33 Å². The maximum absolute atomic E-state index is 5.88. The van der Waals surface area contributed by atoms with E-state index < -0.39 is 0 Å². The Morgan fingerprint density at radius 2 is 2.00 bits per heavy atom. The number of hydrogen-bond donors (Lipinski definition) is 2. The molecule has 1 aromatic heterocycles. The molecule has 0 atom stereocenters. The molecular weight excluding hydrogens is 247 g/mol. The van der Waals surface area contributed by atoms with Gasteiger partial charge in [0.2, 0.25) is 0 Å². The second kappa shape index (κ2) is 4.55. The topological polar surface area (TPSA) is 63.8 Å². The van der Waals surface area contributed by atoms with Gasteiger partial charge in [-0.25, -0.2) is 9.97 Å². The maximum Gasteiger partial charge on any atom is 0.157 e. The third-order valence-corrected chi connectivity index (χ3v) is 2.66. The minimum Gasteiger partial charge on any atom is -0.394 e. The first-order valence-electron chi connectivity index (χ1n) is 4.44. The molecule has 0 spiro atoms. The lowest BCUT2D eigenvalue weighted by molar-refractivity contribution is 1.17. The fraction of sp³-hybridized carbons (Fsp3) is 0. The average Bonchev–Trinajstić information content (AvgIpc) is 2.27. The van der Waals surface area contributed by atoms with Crippen molar-refractivity contribution in [3.05, 3.63) is 40.8 Å². The summed E-state index contributed by atoms with van der Waals surface area (Å²) in [7, 11) is 0. The van der Waals surface area contributed by atoms with Crippen LogP contribution in [0.2, 0.25) is 10.0 Å². The van der Waals surface area contributed by atoms with Gasteiger partial charge in [0, 0.05) is 5.69 Å². The van der Waals surface area contributed by atoms with Crippen molar-refractivity contribution >= 4 is 40.4 Å². The highest BCUT2D eigenvalue weighted by Gasteiger charge is 2.03. The minimum atomic E-state index is 0.466. The molecule has 0 fully saturated rings. The van der Waals surface area contributed by atoms with E-state index in [1.54, 1.807) is 18.2 Å². The standard InChI is InChI=1S/C10H8Cl2N4/c11-7-2-1-6(3-8(7)12)16-10-9(13)4-14-5-15-10/h1-5H,13H2,(H,14,15,16). The van der Waals surface area contributed by atoms with Gasteiger partial charge in [0.15, 0.2) is 5.82 Å². The maximum atomic E-state index is 5.88. The molecule has 6 heteroatoms. The van der Waals surface area contributed by atoms with E-state index in [1.165, 1.54) is 12.5 Å². The molecule has 4 nitrogen and oxygen atoms in total. The van der Waals surface area contributed by atoms with Crippen LogP contribution in [0.4, 0.5) is 17.2 Å². The molecule has 1 aromatic carbocycles. The Kier molecular flexibility index (Phi) is 3.12. The lowest BCUT2D eigenvalue weighted by Crippen LogP contribution is -1.99. The third-order valence-electron chi connectivity index (χ3n) is 1.92. The number of rotatable bonds is 2. The molecule has 0 aliphatic rings. The van der Waals surface area contributed by atoms with Gasteiger partial charge in [0.05, 0.1) is 21.9 Å². The number of hydrogen-bond acceptors (Lipinski definition) is 4. The summed E-state index contributed by atoms with van der Waals surface area (Å²) in [6.07, 6.45) is 2.93. The minimum absolute atomic E-state index is 0.466. The number of halogens is 2. The Morgan fingerprint density at radius 3 is 2.69 bits per heavy atom. The second-order valence-electron chi connectivity index (χ2n) is 3.08. The average molecular weight is 255 g/mol. The number of nitrogen functional groups attached to an aromatic ring is 1. The number of anilines is 3. The van der Waals surface area contributed by atoms with Crippen molar-refractivity contribution in [2.45, 2.75) is 0 Å². The van der Waals surface area contributed by atoms with Crippen molar-refractivity contribution in [2.75, 3.05) is 11.1 Å². The summed E-state index contributed by atoms with van der Waals surface area (Å²) in [5, 5.41) is 4.00.